The quantitative estimate of drug-likeness (QED) is 0.607. The van der Waals surface area contributed by atoms with Crippen LogP contribution in [-0.2, 0) is 0 Å². The zero-order chi connectivity index (χ0) is 9.61. The number of rotatable bonds is 6. The second-order valence-electron chi connectivity index (χ2n) is 4.14. The maximum Gasteiger partial charge on any atom is 0.0186 e. The molecule has 0 amide bonds. The summed E-state index contributed by atoms with van der Waals surface area (Å²) < 4.78 is 0. The first kappa shape index (κ1) is 11.7. The van der Waals surface area contributed by atoms with Crippen molar-refractivity contribution in [3.8, 4) is 0 Å². The summed E-state index contributed by atoms with van der Waals surface area (Å²) in [5.41, 5.74) is 6.19. The molecular weight excluding hydrogens is 146 g/mol. The van der Waals surface area contributed by atoms with Gasteiger partial charge in [-0.2, -0.15) is 0 Å². The van der Waals surface area contributed by atoms with Crippen LogP contribution in [0, 0.1) is 5.92 Å². The Kier molecular flexibility index (Phi) is 5.23. The number of hydrogen-bond donors (Lipinski definition) is 1. The van der Waals surface area contributed by atoms with Crippen LogP contribution in [0.1, 0.15) is 46.5 Å². The lowest BCUT2D eigenvalue weighted by Gasteiger charge is -2.27. The van der Waals surface area contributed by atoms with Gasteiger partial charge < -0.3 is 5.73 Å². The Hall–Kier alpha value is -0.300. The highest BCUT2D eigenvalue weighted by Crippen LogP contribution is 2.21. The van der Waals surface area contributed by atoms with Crippen molar-refractivity contribution in [2.24, 2.45) is 11.7 Å². The summed E-state index contributed by atoms with van der Waals surface area (Å²) in [6.45, 7) is 10.4. The Labute approximate surface area is 77.0 Å². The van der Waals surface area contributed by atoms with Crippen LogP contribution in [0.15, 0.2) is 12.7 Å². The summed E-state index contributed by atoms with van der Waals surface area (Å²) in [6, 6.07) is 0. The zero-order valence-corrected chi connectivity index (χ0v) is 8.77. The van der Waals surface area contributed by atoms with E-state index < -0.39 is 0 Å². The molecule has 0 aliphatic heterocycles. The normalized spacial score (nSPS) is 16.1. The average Bonchev–Trinajstić information content (AvgIpc) is 2.02. The molecule has 0 aromatic heterocycles. The summed E-state index contributed by atoms with van der Waals surface area (Å²) >= 11 is 0. The van der Waals surface area contributed by atoms with Crippen molar-refractivity contribution < 1.29 is 0 Å². The summed E-state index contributed by atoms with van der Waals surface area (Å²) in [5, 5.41) is 0. The number of nitrogens with two attached hydrogens (primary N) is 1. The summed E-state index contributed by atoms with van der Waals surface area (Å²) in [4.78, 5) is 0. The van der Waals surface area contributed by atoms with E-state index in [4.69, 9.17) is 5.73 Å². The predicted molar refractivity (Wildman–Crippen MR) is 56.1 cm³/mol. The Bertz CT molecular complexity index is 129. The van der Waals surface area contributed by atoms with Gasteiger partial charge >= 0.3 is 0 Å². The van der Waals surface area contributed by atoms with Gasteiger partial charge in [-0.15, -0.1) is 6.58 Å². The summed E-state index contributed by atoms with van der Waals surface area (Å²) in [6.07, 6.45) is 6.26. The van der Waals surface area contributed by atoms with Crippen LogP contribution in [0.2, 0.25) is 0 Å². The minimum atomic E-state index is 0.00597. The zero-order valence-electron chi connectivity index (χ0n) is 8.77. The van der Waals surface area contributed by atoms with E-state index in [9.17, 15) is 0 Å². The molecule has 0 aliphatic carbocycles. The fraction of sp³-hybridized carbons (Fsp3) is 0.818. The van der Waals surface area contributed by atoms with Crippen molar-refractivity contribution in [2.45, 2.75) is 52.0 Å². The maximum atomic E-state index is 6.18. The molecule has 1 nitrogen and oxygen atoms in total. The lowest BCUT2D eigenvalue weighted by molar-refractivity contribution is 0.348. The van der Waals surface area contributed by atoms with Crippen LogP contribution in [-0.4, -0.2) is 5.54 Å². The SMILES string of the molecule is C=CCC(N)(CC)CCC(C)C. The van der Waals surface area contributed by atoms with E-state index in [2.05, 4.69) is 27.4 Å². The molecule has 0 aromatic carbocycles. The molecular formula is C11H23N. The standard InChI is InChI=1S/C11H23N/c1-5-8-11(12,6-2)9-7-10(3)4/h5,10H,1,6-9,12H2,2-4H3. The molecule has 1 atom stereocenters. The van der Waals surface area contributed by atoms with E-state index in [-0.39, 0.29) is 5.54 Å². The van der Waals surface area contributed by atoms with Gasteiger partial charge in [0.25, 0.3) is 0 Å². The smallest absolute Gasteiger partial charge is 0.0186 e. The van der Waals surface area contributed by atoms with Gasteiger partial charge in [-0.1, -0.05) is 26.8 Å². The second-order valence-corrected chi connectivity index (χ2v) is 4.14. The van der Waals surface area contributed by atoms with E-state index in [0.29, 0.717) is 0 Å². The van der Waals surface area contributed by atoms with Crippen molar-refractivity contribution >= 4 is 0 Å². The van der Waals surface area contributed by atoms with Gasteiger partial charge in [0, 0.05) is 5.54 Å². The maximum absolute atomic E-state index is 6.18. The fourth-order valence-corrected chi connectivity index (χ4v) is 1.29. The lowest BCUT2D eigenvalue weighted by Crippen LogP contribution is -2.38. The number of hydrogen-bond acceptors (Lipinski definition) is 1. The molecule has 0 rings (SSSR count). The van der Waals surface area contributed by atoms with Crippen molar-refractivity contribution in [3.63, 3.8) is 0 Å². The molecule has 0 heterocycles. The first-order valence-electron chi connectivity index (χ1n) is 4.94. The van der Waals surface area contributed by atoms with Crippen LogP contribution >= 0.6 is 0 Å². The second kappa shape index (κ2) is 5.36. The van der Waals surface area contributed by atoms with Crippen molar-refractivity contribution in [1.82, 2.24) is 0 Å². The minimum Gasteiger partial charge on any atom is -0.325 e. The van der Waals surface area contributed by atoms with E-state index in [1.807, 2.05) is 6.08 Å². The van der Waals surface area contributed by atoms with E-state index >= 15 is 0 Å². The van der Waals surface area contributed by atoms with Crippen LogP contribution in [0.3, 0.4) is 0 Å². The minimum absolute atomic E-state index is 0.00597. The first-order chi connectivity index (χ1) is 5.54. The van der Waals surface area contributed by atoms with Gasteiger partial charge in [0.05, 0.1) is 0 Å². The van der Waals surface area contributed by atoms with Crippen LogP contribution < -0.4 is 5.73 Å². The molecule has 0 aliphatic rings. The summed E-state index contributed by atoms with van der Waals surface area (Å²) in [5.74, 6) is 0.754. The third kappa shape index (κ3) is 4.55. The average molecular weight is 169 g/mol. The first-order valence-corrected chi connectivity index (χ1v) is 4.94. The Morgan fingerprint density at radius 3 is 2.42 bits per heavy atom. The molecule has 0 saturated heterocycles. The Morgan fingerprint density at radius 2 is 2.08 bits per heavy atom. The predicted octanol–water partition coefficient (Wildman–Crippen LogP) is 3.11. The van der Waals surface area contributed by atoms with Gasteiger partial charge in [-0.05, 0) is 31.6 Å². The third-order valence-corrected chi connectivity index (χ3v) is 2.47. The largest absolute Gasteiger partial charge is 0.325 e. The Balaban J connectivity index is 3.86. The lowest BCUT2D eigenvalue weighted by atomic mass is 9.86. The highest BCUT2D eigenvalue weighted by molar-refractivity contribution is 4.89. The van der Waals surface area contributed by atoms with Crippen molar-refractivity contribution in [3.05, 3.63) is 12.7 Å². The van der Waals surface area contributed by atoms with E-state index in [0.717, 1.165) is 25.2 Å². The Morgan fingerprint density at radius 1 is 1.50 bits per heavy atom. The molecule has 0 radical (unpaired) electrons. The molecule has 72 valence electrons. The van der Waals surface area contributed by atoms with Gasteiger partial charge in [0.15, 0.2) is 0 Å². The molecule has 0 spiro atoms. The molecule has 1 heteroatoms. The topological polar surface area (TPSA) is 26.0 Å². The van der Waals surface area contributed by atoms with Crippen molar-refractivity contribution in [2.75, 3.05) is 0 Å². The molecule has 0 aromatic rings. The van der Waals surface area contributed by atoms with Gasteiger partial charge in [0.1, 0.15) is 0 Å². The highest BCUT2D eigenvalue weighted by atomic mass is 14.7. The molecule has 0 bridgehead atoms. The molecule has 2 N–H and O–H groups in total. The van der Waals surface area contributed by atoms with Crippen LogP contribution in [0.25, 0.3) is 0 Å². The fourth-order valence-electron chi connectivity index (χ4n) is 1.29. The van der Waals surface area contributed by atoms with Crippen molar-refractivity contribution in [1.29, 1.82) is 0 Å². The molecule has 12 heavy (non-hydrogen) atoms. The van der Waals surface area contributed by atoms with E-state index in [1.165, 1.54) is 6.42 Å². The highest BCUT2D eigenvalue weighted by Gasteiger charge is 2.20. The molecule has 0 saturated carbocycles. The molecule has 0 fully saturated rings. The van der Waals surface area contributed by atoms with E-state index in [1.54, 1.807) is 0 Å². The monoisotopic (exact) mass is 169 g/mol. The third-order valence-electron chi connectivity index (χ3n) is 2.47. The van der Waals surface area contributed by atoms with Gasteiger partial charge in [0.2, 0.25) is 0 Å². The van der Waals surface area contributed by atoms with Gasteiger partial charge in [-0.3, -0.25) is 0 Å². The summed E-state index contributed by atoms with van der Waals surface area (Å²) in [7, 11) is 0. The van der Waals surface area contributed by atoms with Crippen LogP contribution in [0.4, 0.5) is 0 Å². The van der Waals surface area contributed by atoms with Crippen LogP contribution in [0.5, 0.6) is 0 Å². The van der Waals surface area contributed by atoms with Gasteiger partial charge in [-0.25, -0.2) is 0 Å². The molecule has 1 unspecified atom stereocenters.